The van der Waals surface area contributed by atoms with E-state index in [1.54, 1.807) is 42.5 Å². The van der Waals surface area contributed by atoms with Crippen molar-refractivity contribution in [2.75, 3.05) is 11.9 Å². The normalized spacial score (nSPS) is 10.9. The fraction of sp³-hybridized carbons (Fsp3) is 0.125. The van der Waals surface area contributed by atoms with Gasteiger partial charge in [-0.25, -0.2) is 0 Å². The van der Waals surface area contributed by atoms with E-state index in [4.69, 9.17) is 25.8 Å². The van der Waals surface area contributed by atoms with Crippen LogP contribution in [0.4, 0.5) is 5.69 Å². The maximum Gasteiger partial charge on any atom is 0.266 e. The van der Waals surface area contributed by atoms with Gasteiger partial charge in [-0.05, 0) is 94.2 Å². The summed E-state index contributed by atoms with van der Waals surface area (Å²) in [4.78, 5) is 12.9. The van der Waals surface area contributed by atoms with Gasteiger partial charge in [0.05, 0.1) is 11.1 Å². The molecule has 0 spiro atoms. The van der Waals surface area contributed by atoms with Gasteiger partial charge in [-0.15, -0.1) is 0 Å². The van der Waals surface area contributed by atoms with Gasteiger partial charge in [0.1, 0.15) is 30.6 Å². The summed E-state index contributed by atoms with van der Waals surface area (Å²) in [6.45, 7) is 3.00. The molecule has 0 saturated carbocycles. The van der Waals surface area contributed by atoms with Gasteiger partial charge in [-0.2, -0.15) is 5.26 Å². The van der Waals surface area contributed by atoms with Crippen molar-refractivity contribution in [2.45, 2.75) is 20.1 Å². The molecule has 0 heterocycles. The minimum atomic E-state index is -0.532. The van der Waals surface area contributed by atoms with Crippen molar-refractivity contribution in [1.29, 1.82) is 5.26 Å². The van der Waals surface area contributed by atoms with Gasteiger partial charge in [0.2, 0.25) is 0 Å². The van der Waals surface area contributed by atoms with Gasteiger partial charge in [-0.3, -0.25) is 4.79 Å². The van der Waals surface area contributed by atoms with Crippen LogP contribution in [0.5, 0.6) is 17.2 Å². The molecule has 0 fully saturated rings. The lowest BCUT2D eigenvalue weighted by Crippen LogP contribution is -2.13. The van der Waals surface area contributed by atoms with Crippen molar-refractivity contribution in [3.8, 4) is 23.3 Å². The molecule has 0 saturated heterocycles. The van der Waals surface area contributed by atoms with Crippen LogP contribution in [0.3, 0.4) is 0 Å². The number of nitrogens with one attached hydrogen (secondary N) is 1. The summed E-state index contributed by atoms with van der Waals surface area (Å²) >= 11 is 9.62. The van der Waals surface area contributed by atoms with Crippen LogP contribution in [0.2, 0.25) is 5.02 Å². The maximum absolute atomic E-state index is 12.9. The van der Waals surface area contributed by atoms with Crippen LogP contribution in [-0.2, 0) is 18.0 Å². The fourth-order valence-corrected chi connectivity index (χ4v) is 4.53. The molecule has 40 heavy (non-hydrogen) atoms. The van der Waals surface area contributed by atoms with E-state index in [0.29, 0.717) is 51.2 Å². The highest BCUT2D eigenvalue weighted by atomic mass is 79.9. The van der Waals surface area contributed by atoms with Crippen LogP contribution in [0, 0.1) is 11.3 Å². The van der Waals surface area contributed by atoms with Gasteiger partial charge in [0.25, 0.3) is 5.91 Å². The third kappa shape index (κ3) is 8.12. The Morgan fingerprint density at radius 1 is 0.925 bits per heavy atom. The summed E-state index contributed by atoms with van der Waals surface area (Å²) in [6, 6.07) is 29.7. The van der Waals surface area contributed by atoms with Crippen LogP contribution in [0.1, 0.15) is 23.6 Å². The highest BCUT2D eigenvalue weighted by Crippen LogP contribution is 2.38. The Labute approximate surface area is 246 Å². The van der Waals surface area contributed by atoms with E-state index in [1.165, 1.54) is 6.08 Å². The standard InChI is InChI=1S/C32H26BrClN2O4/c1-2-38-30-18-24(17-29(33)31(30)40-21-23-9-6-10-26(34)16-23)15-25(19-35)32(37)36-27-11-13-28(14-12-27)39-20-22-7-4-3-5-8-22/h3-18H,2,20-21H2,1H3,(H,36,37)/b25-15+. The third-order valence-electron chi connectivity index (χ3n) is 5.64. The zero-order valence-corrected chi connectivity index (χ0v) is 24.0. The van der Waals surface area contributed by atoms with E-state index in [-0.39, 0.29) is 12.2 Å². The van der Waals surface area contributed by atoms with Crippen LogP contribution in [0.25, 0.3) is 6.08 Å². The van der Waals surface area contributed by atoms with Crippen molar-refractivity contribution in [2.24, 2.45) is 0 Å². The molecule has 8 heteroatoms. The molecular formula is C32H26BrClN2O4. The van der Waals surface area contributed by atoms with E-state index < -0.39 is 5.91 Å². The third-order valence-corrected chi connectivity index (χ3v) is 6.46. The van der Waals surface area contributed by atoms with Gasteiger partial charge in [0.15, 0.2) is 11.5 Å². The van der Waals surface area contributed by atoms with Crippen LogP contribution in [-0.4, -0.2) is 12.5 Å². The van der Waals surface area contributed by atoms with Crippen molar-refractivity contribution >= 4 is 45.2 Å². The molecule has 0 radical (unpaired) electrons. The van der Waals surface area contributed by atoms with Crippen LogP contribution >= 0.6 is 27.5 Å². The van der Waals surface area contributed by atoms with Gasteiger partial charge in [-0.1, -0.05) is 54.1 Å². The Morgan fingerprint density at radius 3 is 2.35 bits per heavy atom. The molecule has 0 aromatic heterocycles. The Hall–Kier alpha value is -4.25. The summed E-state index contributed by atoms with van der Waals surface area (Å²) in [7, 11) is 0. The number of anilines is 1. The van der Waals surface area contributed by atoms with Crippen LogP contribution < -0.4 is 19.5 Å². The smallest absolute Gasteiger partial charge is 0.266 e. The lowest BCUT2D eigenvalue weighted by molar-refractivity contribution is -0.112. The predicted octanol–water partition coefficient (Wildman–Crippen LogP) is 8.20. The molecule has 1 amide bonds. The van der Waals surface area contributed by atoms with Crippen molar-refractivity contribution in [1.82, 2.24) is 0 Å². The lowest BCUT2D eigenvalue weighted by atomic mass is 10.1. The molecule has 1 N–H and O–H groups in total. The Bertz CT molecular complexity index is 1530. The minimum Gasteiger partial charge on any atom is -0.490 e. The summed E-state index contributed by atoms with van der Waals surface area (Å²) < 4.78 is 18.2. The Kier molecular flexibility index (Phi) is 10.2. The average Bonchev–Trinajstić information content (AvgIpc) is 2.96. The second-order valence-electron chi connectivity index (χ2n) is 8.60. The fourth-order valence-electron chi connectivity index (χ4n) is 3.75. The van der Waals surface area contributed by atoms with E-state index >= 15 is 0 Å². The molecule has 0 aliphatic carbocycles. The summed E-state index contributed by atoms with van der Waals surface area (Å²) in [5.41, 5.74) is 3.04. The zero-order valence-electron chi connectivity index (χ0n) is 21.7. The second kappa shape index (κ2) is 14.2. The first-order valence-electron chi connectivity index (χ1n) is 12.5. The molecule has 0 bridgehead atoms. The number of hydrogen-bond acceptors (Lipinski definition) is 5. The monoisotopic (exact) mass is 616 g/mol. The average molecular weight is 618 g/mol. The number of halogens is 2. The Morgan fingerprint density at radius 2 is 1.65 bits per heavy atom. The van der Waals surface area contributed by atoms with E-state index in [9.17, 15) is 10.1 Å². The topological polar surface area (TPSA) is 80.6 Å². The molecule has 202 valence electrons. The number of nitrogens with zero attached hydrogens (tertiary/aromatic N) is 1. The molecule has 6 nitrogen and oxygen atoms in total. The molecule has 0 aliphatic heterocycles. The van der Waals surface area contributed by atoms with Crippen molar-refractivity contribution in [3.05, 3.63) is 123 Å². The number of ether oxygens (including phenoxy) is 3. The number of carbonyl (C=O) groups excluding carboxylic acids is 1. The van der Waals surface area contributed by atoms with Gasteiger partial charge < -0.3 is 19.5 Å². The number of benzene rings is 4. The quantitative estimate of drug-likeness (QED) is 0.136. The molecular weight excluding hydrogens is 592 g/mol. The SMILES string of the molecule is CCOc1cc(/C=C(\C#N)C(=O)Nc2ccc(OCc3ccccc3)cc2)cc(Br)c1OCc1cccc(Cl)c1. The molecule has 0 aliphatic rings. The minimum absolute atomic E-state index is 0.0636. The van der Waals surface area contributed by atoms with Crippen LogP contribution in [0.15, 0.2) is 101 Å². The van der Waals surface area contributed by atoms with E-state index in [1.807, 2.05) is 61.5 Å². The number of rotatable bonds is 11. The summed E-state index contributed by atoms with van der Waals surface area (Å²) in [5, 5.41) is 13.1. The first-order valence-corrected chi connectivity index (χ1v) is 13.7. The number of carbonyl (C=O) groups is 1. The number of amides is 1. The number of nitriles is 1. The lowest BCUT2D eigenvalue weighted by Gasteiger charge is -2.15. The van der Waals surface area contributed by atoms with Gasteiger partial charge in [0, 0.05) is 10.7 Å². The Balaban J connectivity index is 1.44. The van der Waals surface area contributed by atoms with Crippen molar-refractivity contribution in [3.63, 3.8) is 0 Å². The van der Waals surface area contributed by atoms with E-state index in [0.717, 1.165) is 11.1 Å². The van der Waals surface area contributed by atoms with Crippen molar-refractivity contribution < 1.29 is 19.0 Å². The molecule has 4 aromatic carbocycles. The first kappa shape index (κ1) is 28.8. The zero-order chi connectivity index (χ0) is 28.3. The largest absolute Gasteiger partial charge is 0.490 e. The summed E-state index contributed by atoms with van der Waals surface area (Å²) in [6.07, 6.45) is 1.50. The molecule has 0 unspecified atom stereocenters. The highest BCUT2D eigenvalue weighted by Gasteiger charge is 2.15. The first-order chi connectivity index (χ1) is 19.4. The van der Waals surface area contributed by atoms with Gasteiger partial charge >= 0.3 is 0 Å². The molecule has 4 rings (SSSR count). The van der Waals surface area contributed by atoms with E-state index in [2.05, 4.69) is 21.2 Å². The molecule has 4 aromatic rings. The second-order valence-corrected chi connectivity index (χ2v) is 9.89. The highest BCUT2D eigenvalue weighted by molar-refractivity contribution is 9.10. The maximum atomic E-state index is 12.9. The predicted molar refractivity (Wildman–Crippen MR) is 161 cm³/mol. The summed E-state index contributed by atoms with van der Waals surface area (Å²) in [5.74, 6) is 1.13. The molecule has 0 atom stereocenters. The number of hydrogen-bond donors (Lipinski definition) is 1.